The lowest BCUT2D eigenvalue weighted by molar-refractivity contribution is -0.384. The quantitative estimate of drug-likeness (QED) is 0.295. The molecule has 2 aromatic heterocycles. The van der Waals surface area contributed by atoms with E-state index in [1.54, 1.807) is 43.3 Å². The van der Waals surface area contributed by atoms with Crippen molar-refractivity contribution >= 4 is 17.5 Å². The number of rotatable bonds is 5. The van der Waals surface area contributed by atoms with Gasteiger partial charge in [-0.15, -0.1) is 0 Å². The van der Waals surface area contributed by atoms with Crippen LogP contribution in [0.3, 0.4) is 0 Å². The van der Waals surface area contributed by atoms with E-state index in [4.69, 9.17) is 8.83 Å². The van der Waals surface area contributed by atoms with Crippen LogP contribution in [0.4, 0.5) is 5.69 Å². The molecule has 0 atom stereocenters. The minimum atomic E-state index is -0.444. The van der Waals surface area contributed by atoms with Gasteiger partial charge in [0.2, 0.25) is 5.78 Å². The number of hydrogen-bond acceptors (Lipinski definition) is 5. The van der Waals surface area contributed by atoms with Gasteiger partial charge in [0.05, 0.1) is 16.7 Å². The van der Waals surface area contributed by atoms with Crippen LogP contribution >= 0.6 is 0 Å². The molecule has 0 amide bonds. The van der Waals surface area contributed by atoms with E-state index in [2.05, 4.69) is 0 Å². The van der Waals surface area contributed by atoms with E-state index in [9.17, 15) is 14.9 Å². The molecule has 0 bridgehead atoms. The second kappa shape index (κ2) is 6.37. The number of carbonyl (C=O) groups excluding carboxylic acids is 1. The molecule has 0 spiro atoms. The zero-order valence-corrected chi connectivity index (χ0v) is 12.8. The van der Waals surface area contributed by atoms with E-state index >= 15 is 0 Å². The average Bonchev–Trinajstić information content (AvgIpc) is 3.24. The SMILES string of the molecule is Cc1ccc(-c2ccc(C=CC(=O)c3ccco3)o2)c([N+](=O)[O-])c1. The van der Waals surface area contributed by atoms with Crippen LogP contribution in [0.5, 0.6) is 0 Å². The van der Waals surface area contributed by atoms with Gasteiger partial charge in [-0.25, -0.2) is 0 Å². The number of benzene rings is 1. The number of ketones is 1. The summed E-state index contributed by atoms with van der Waals surface area (Å²) in [4.78, 5) is 22.6. The Bertz CT molecular complexity index is 919. The van der Waals surface area contributed by atoms with E-state index in [1.807, 2.05) is 0 Å². The van der Waals surface area contributed by atoms with E-state index in [0.29, 0.717) is 17.1 Å². The maximum Gasteiger partial charge on any atom is 0.280 e. The van der Waals surface area contributed by atoms with Crippen molar-refractivity contribution in [2.24, 2.45) is 0 Å². The van der Waals surface area contributed by atoms with Crippen LogP contribution in [0.25, 0.3) is 17.4 Å². The number of furan rings is 2. The maximum atomic E-state index is 11.8. The number of nitro benzene ring substituents is 1. The lowest BCUT2D eigenvalue weighted by atomic mass is 10.1. The molecule has 6 heteroatoms. The van der Waals surface area contributed by atoms with Gasteiger partial charge in [-0.3, -0.25) is 14.9 Å². The number of carbonyl (C=O) groups is 1. The highest BCUT2D eigenvalue weighted by molar-refractivity contribution is 6.04. The molecule has 1 aromatic carbocycles. The number of allylic oxidation sites excluding steroid dienone is 1. The summed E-state index contributed by atoms with van der Waals surface area (Å²) in [5.74, 6) is 0.720. The Labute approximate surface area is 137 Å². The Kier molecular flexibility index (Phi) is 4.11. The van der Waals surface area contributed by atoms with Crippen LogP contribution < -0.4 is 0 Å². The fourth-order valence-corrected chi connectivity index (χ4v) is 2.25. The summed E-state index contributed by atoms with van der Waals surface area (Å²) in [5, 5.41) is 11.2. The number of nitrogens with zero attached hydrogens (tertiary/aromatic N) is 1. The molecule has 3 aromatic rings. The van der Waals surface area contributed by atoms with Crippen molar-refractivity contribution in [2.75, 3.05) is 0 Å². The fourth-order valence-electron chi connectivity index (χ4n) is 2.25. The van der Waals surface area contributed by atoms with Gasteiger partial charge in [0.1, 0.15) is 11.5 Å². The summed E-state index contributed by atoms with van der Waals surface area (Å²) >= 11 is 0. The minimum Gasteiger partial charge on any atom is -0.461 e. The molecule has 0 N–H and O–H groups in total. The summed E-state index contributed by atoms with van der Waals surface area (Å²) in [6, 6.07) is 11.4. The topological polar surface area (TPSA) is 86.5 Å². The molecule has 0 aliphatic carbocycles. The molecule has 6 nitrogen and oxygen atoms in total. The van der Waals surface area contributed by atoms with Crippen LogP contribution in [0, 0.1) is 17.0 Å². The van der Waals surface area contributed by atoms with Crippen molar-refractivity contribution in [1.82, 2.24) is 0 Å². The predicted molar refractivity (Wildman–Crippen MR) is 87.6 cm³/mol. The van der Waals surface area contributed by atoms with Crippen molar-refractivity contribution < 1.29 is 18.6 Å². The summed E-state index contributed by atoms with van der Waals surface area (Å²) in [5.41, 5.74) is 1.16. The van der Waals surface area contributed by atoms with Gasteiger partial charge in [0, 0.05) is 6.07 Å². The minimum absolute atomic E-state index is 0.0217. The normalized spacial score (nSPS) is 11.0. The largest absolute Gasteiger partial charge is 0.461 e. The van der Waals surface area contributed by atoms with Crippen LogP contribution in [-0.2, 0) is 0 Å². The monoisotopic (exact) mass is 323 g/mol. The van der Waals surface area contributed by atoms with Crippen LogP contribution in [0.1, 0.15) is 21.9 Å². The third kappa shape index (κ3) is 3.17. The molecule has 0 unspecified atom stereocenters. The zero-order valence-electron chi connectivity index (χ0n) is 12.8. The van der Waals surface area contributed by atoms with E-state index in [1.165, 1.54) is 24.5 Å². The lowest BCUT2D eigenvalue weighted by Crippen LogP contribution is -1.92. The Hall–Kier alpha value is -3.41. The van der Waals surface area contributed by atoms with Crippen molar-refractivity contribution in [1.29, 1.82) is 0 Å². The van der Waals surface area contributed by atoms with Crippen molar-refractivity contribution in [3.63, 3.8) is 0 Å². The maximum absolute atomic E-state index is 11.8. The molecule has 0 saturated carbocycles. The van der Waals surface area contributed by atoms with Crippen molar-refractivity contribution in [3.05, 3.63) is 82.0 Å². The highest BCUT2D eigenvalue weighted by Crippen LogP contribution is 2.32. The molecule has 0 fully saturated rings. The van der Waals surface area contributed by atoms with Crippen LogP contribution in [0.2, 0.25) is 0 Å². The zero-order chi connectivity index (χ0) is 17.1. The Morgan fingerprint density at radius 2 is 2.04 bits per heavy atom. The standard InChI is InChI=1S/C18H13NO5/c1-12-4-7-14(15(11-12)19(21)22)17-9-6-13(24-17)5-8-16(20)18-3-2-10-23-18/h2-11H,1H3. The Balaban J connectivity index is 1.86. The Morgan fingerprint density at radius 1 is 1.21 bits per heavy atom. The van der Waals surface area contributed by atoms with E-state index in [0.717, 1.165) is 5.56 Å². The summed E-state index contributed by atoms with van der Waals surface area (Å²) < 4.78 is 10.6. The smallest absolute Gasteiger partial charge is 0.280 e. The van der Waals surface area contributed by atoms with E-state index < -0.39 is 4.92 Å². The van der Waals surface area contributed by atoms with Gasteiger partial charge in [-0.2, -0.15) is 0 Å². The van der Waals surface area contributed by atoms with Gasteiger partial charge < -0.3 is 8.83 Å². The van der Waals surface area contributed by atoms with Crippen LogP contribution in [0.15, 0.2) is 63.6 Å². The van der Waals surface area contributed by atoms with Gasteiger partial charge in [-0.1, -0.05) is 6.07 Å². The summed E-state index contributed by atoms with van der Waals surface area (Å²) in [7, 11) is 0. The predicted octanol–water partition coefficient (Wildman–Crippen LogP) is 4.65. The number of nitro groups is 1. The first-order valence-corrected chi connectivity index (χ1v) is 7.16. The molecule has 0 radical (unpaired) electrons. The van der Waals surface area contributed by atoms with Crippen LogP contribution in [-0.4, -0.2) is 10.7 Å². The first kappa shape index (κ1) is 15.5. The van der Waals surface area contributed by atoms with Gasteiger partial charge in [0.15, 0.2) is 5.76 Å². The van der Waals surface area contributed by atoms with Gasteiger partial charge in [0.25, 0.3) is 5.69 Å². The van der Waals surface area contributed by atoms with Crippen molar-refractivity contribution in [3.8, 4) is 11.3 Å². The highest BCUT2D eigenvalue weighted by Gasteiger charge is 2.18. The second-order valence-corrected chi connectivity index (χ2v) is 5.15. The second-order valence-electron chi connectivity index (χ2n) is 5.15. The summed E-state index contributed by atoms with van der Waals surface area (Å²) in [6.07, 6.45) is 4.24. The molecule has 120 valence electrons. The van der Waals surface area contributed by atoms with Crippen molar-refractivity contribution in [2.45, 2.75) is 6.92 Å². The van der Waals surface area contributed by atoms with Gasteiger partial charge >= 0.3 is 0 Å². The number of hydrogen-bond donors (Lipinski definition) is 0. The molecule has 0 aliphatic rings. The molecule has 2 heterocycles. The molecule has 0 saturated heterocycles. The molecular weight excluding hydrogens is 310 g/mol. The average molecular weight is 323 g/mol. The third-order valence-corrected chi connectivity index (χ3v) is 3.41. The third-order valence-electron chi connectivity index (χ3n) is 3.41. The molecular formula is C18H13NO5. The van der Waals surface area contributed by atoms with E-state index in [-0.39, 0.29) is 17.2 Å². The first-order chi connectivity index (χ1) is 11.5. The highest BCUT2D eigenvalue weighted by atomic mass is 16.6. The molecule has 0 aliphatic heterocycles. The lowest BCUT2D eigenvalue weighted by Gasteiger charge is -2.01. The summed E-state index contributed by atoms with van der Waals surface area (Å²) in [6.45, 7) is 1.79. The molecule has 24 heavy (non-hydrogen) atoms. The Morgan fingerprint density at radius 3 is 2.75 bits per heavy atom. The fraction of sp³-hybridized carbons (Fsp3) is 0.0556. The number of aryl methyl sites for hydroxylation is 1. The van der Waals surface area contributed by atoms with Gasteiger partial charge in [-0.05, 0) is 55.0 Å². The first-order valence-electron chi connectivity index (χ1n) is 7.16. The molecule has 3 rings (SSSR count).